The van der Waals surface area contributed by atoms with Crippen LogP contribution in [0.1, 0.15) is 29.6 Å². The van der Waals surface area contributed by atoms with Gasteiger partial charge in [-0.15, -0.1) is 12.3 Å². The standard InChI is InChI=1S/C16H15ClN2O/c1-2-3-4-7-10-18-16(20)13-11-15(17)19-14-9-6-5-8-12(13)14/h1,5-6,8-9,11H,3-4,7,10H2,(H,18,20). The SMILES string of the molecule is C#CCCCCNC(=O)c1cc(Cl)nc2ccccc12. The smallest absolute Gasteiger partial charge is 0.252 e. The molecule has 0 spiro atoms. The largest absolute Gasteiger partial charge is 0.352 e. The van der Waals surface area contributed by atoms with Gasteiger partial charge in [0.2, 0.25) is 0 Å². The Morgan fingerprint density at radius 3 is 2.95 bits per heavy atom. The maximum absolute atomic E-state index is 12.2. The Morgan fingerprint density at radius 2 is 2.15 bits per heavy atom. The van der Waals surface area contributed by atoms with Crippen LogP contribution >= 0.6 is 11.6 Å². The molecule has 1 aromatic heterocycles. The number of hydrogen-bond acceptors (Lipinski definition) is 2. The molecular weight excluding hydrogens is 272 g/mol. The van der Waals surface area contributed by atoms with E-state index in [1.165, 1.54) is 0 Å². The minimum atomic E-state index is -0.133. The Bertz CT molecular complexity index is 661. The molecule has 0 saturated carbocycles. The highest BCUT2D eigenvalue weighted by Crippen LogP contribution is 2.20. The van der Waals surface area contributed by atoms with Crippen molar-refractivity contribution in [1.29, 1.82) is 0 Å². The first kappa shape index (κ1) is 14.4. The Kier molecular flexibility index (Phi) is 4.97. The second-order valence-corrected chi connectivity index (χ2v) is 4.81. The van der Waals surface area contributed by atoms with Gasteiger partial charge in [-0.05, 0) is 25.0 Å². The molecule has 0 unspecified atom stereocenters. The van der Waals surface area contributed by atoms with Gasteiger partial charge < -0.3 is 5.32 Å². The predicted octanol–water partition coefficient (Wildman–Crippen LogP) is 3.42. The highest BCUT2D eigenvalue weighted by Gasteiger charge is 2.11. The second-order valence-electron chi connectivity index (χ2n) is 4.43. The molecule has 0 aliphatic heterocycles. The predicted molar refractivity (Wildman–Crippen MR) is 81.8 cm³/mol. The van der Waals surface area contributed by atoms with Crippen LogP contribution in [-0.4, -0.2) is 17.4 Å². The summed E-state index contributed by atoms with van der Waals surface area (Å²) >= 11 is 5.96. The van der Waals surface area contributed by atoms with Crippen molar-refractivity contribution in [3.8, 4) is 12.3 Å². The highest BCUT2D eigenvalue weighted by molar-refractivity contribution is 6.30. The fourth-order valence-electron chi connectivity index (χ4n) is 1.98. The molecule has 4 heteroatoms. The number of para-hydroxylation sites is 1. The van der Waals surface area contributed by atoms with Crippen molar-refractivity contribution in [2.45, 2.75) is 19.3 Å². The van der Waals surface area contributed by atoms with Crippen molar-refractivity contribution in [2.75, 3.05) is 6.54 Å². The van der Waals surface area contributed by atoms with Crippen LogP contribution in [0.3, 0.4) is 0 Å². The van der Waals surface area contributed by atoms with E-state index in [4.69, 9.17) is 18.0 Å². The van der Waals surface area contributed by atoms with E-state index in [-0.39, 0.29) is 5.91 Å². The molecule has 2 rings (SSSR count). The zero-order valence-corrected chi connectivity index (χ0v) is 11.8. The van der Waals surface area contributed by atoms with Crippen LogP contribution in [0.4, 0.5) is 0 Å². The lowest BCUT2D eigenvalue weighted by molar-refractivity contribution is 0.0954. The van der Waals surface area contributed by atoms with E-state index in [1.54, 1.807) is 6.07 Å². The molecule has 1 N–H and O–H groups in total. The van der Waals surface area contributed by atoms with Crippen LogP contribution in [0.15, 0.2) is 30.3 Å². The molecule has 0 bridgehead atoms. The summed E-state index contributed by atoms with van der Waals surface area (Å²) in [6.07, 6.45) is 7.70. The van der Waals surface area contributed by atoms with E-state index < -0.39 is 0 Å². The number of carbonyl (C=O) groups is 1. The van der Waals surface area contributed by atoms with Gasteiger partial charge in [0.05, 0.1) is 11.1 Å². The average Bonchev–Trinajstić information content (AvgIpc) is 2.46. The van der Waals surface area contributed by atoms with Gasteiger partial charge in [0.1, 0.15) is 5.15 Å². The first-order chi connectivity index (χ1) is 9.72. The molecule has 1 amide bonds. The Morgan fingerprint density at radius 1 is 1.35 bits per heavy atom. The Balaban J connectivity index is 2.12. The quantitative estimate of drug-likeness (QED) is 0.520. The molecule has 0 atom stereocenters. The number of benzene rings is 1. The minimum Gasteiger partial charge on any atom is -0.352 e. The fourth-order valence-corrected chi connectivity index (χ4v) is 2.18. The van der Waals surface area contributed by atoms with E-state index >= 15 is 0 Å². The first-order valence-corrected chi connectivity index (χ1v) is 6.87. The molecule has 20 heavy (non-hydrogen) atoms. The summed E-state index contributed by atoms with van der Waals surface area (Å²) in [5, 5.41) is 4.01. The number of nitrogens with one attached hydrogen (secondary N) is 1. The molecule has 1 heterocycles. The maximum atomic E-state index is 12.2. The lowest BCUT2D eigenvalue weighted by Crippen LogP contribution is -2.24. The number of nitrogens with zero attached hydrogens (tertiary/aromatic N) is 1. The highest BCUT2D eigenvalue weighted by atomic mass is 35.5. The van der Waals surface area contributed by atoms with Crippen molar-refractivity contribution in [2.24, 2.45) is 0 Å². The van der Waals surface area contributed by atoms with Gasteiger partial charge in [-0.25, -0.2) is 4.98 Å². The van der Waals surface area contributed by atoms with E-state index in [9.17, 15) is 4.79 Å². The molecule has 0 radical (unpaired) electrons. The van der Waals surface area contributed by atoms with Crippen LogP contribution in [0, 0.1) is 12.3 Å². The average molecular weight is 287 g/mol. The van der Waals surface area contributed by atoms with Crippen LogP contribution in [0.2, 0.25) is 5.15 Å². The summed E-state index contributed by atoms with van der Waals surface area (Å²) in [6, 6.07) is 9.05. The molecule has 102 valence electrons. The summed E-state index contributed by atoms with van der Waals surface area (Å²) < 4.78 is 0. The van der Waals surface area contributed by atoms with Crippen molar-refractivity contribution in [1.82, 2.24) is 10.3 Å². The monoisotopic (exact) mass is 286 g/mol. The number of aromatic nitrogens is 1. The third kappa shape index (κ3) is 3.49. The number of hydrogen-bond donors (Lipinski definition) is 1. The van der Waals surface area contributed by atoms with Gasteiger partial charge in [0, 0.05) is 18.4 Å². The molecule has 0 fully saturated rings. The summed E-state index contributed by atoms with van der Waals surface area (Å²) in [5.41, 5.74) is 1.27. The van der Waals surface area contributed by atoms with Crippen LogP contribution in [-0.2, 0) is 0 Å². The van der Waals surface area contributed by atoms with Gasteiger partial charge in [0.15, 0.2) is 0 Å². The summed E-state index contributed by atoms with van der Waals surface area (Å²) in [7, 11) is 0. The number of fused-ring (bicyclic) bond motifs is 1. The normalized spacial score (nSPS) is 10.2. The Hall–Kier alpha value is -2.05. The van der Waals surface area contributed by atoms with Gasteiger partial charge >= 0.3 is 0 Å². The fraction of sp³-hybridized carbons (Fsp3) is 0.250. The molecule has 0 saturated heterocycles. The third-order valence-electron chi connectivity index (χ3n) is 2.96. The Labute approximate surface area is 123 Å². The zero-order valence-electron chi connectivity index (χ0n) is 11.0. The maximum Gasteiger partial charge on any atom is 0.252 e. The first-order valence-electron chi connectivity index (χ1n) is 6.49. The number of rotatable bonds is 5. The van der Waals surface area contributed by atoms with Crippen LogP contribution < -0.4 is 5.32 Å². The summed E-state index contributed by atoms with van der Waals surface area (Å²) in [6.45, 7) is 0.606. The van der Waals surface area contributed by atoms with Crippen LogP contribution in [0.25, 0.3) is 10.9 Å². The van der Waals surface area contributed by atoms with E-state index in [1.807, 2.05) is 24.3 Å². The lowest BCUT2D eigenvalue weighted by atomic mass is 10.1. The van der Waals surface area contributed by atoms with Gasteiger partial charge in [-0.3, -0.25) is 4.79 Å². The van der Waals surface area contributed by atoms with Crippen molar-refractivity contribution < 1.29 is 4.79 Å². The van der Waals surface area contributed by atoms with Gasteiger partial charge in [0.25, 0.3) is 5.91 Å². The molecule has 3 nitrogen and oxygen atoms in total. The van der Waals surface area contributed by atoms with Crippen molar-refractivity contribution in [3.63, 3.8) is 0 Å². The van der Waals surface area contributed by atoms with E-state index in [0.717, 1.165) is 30.2 Å². The molecular formula is C16H15ClN2O. The number of amides is 1. The summed E-state index contributed by atoms with van der Waals surface area (Å²) in [5.74, 6) is 2.45. The van der Waals surface area contributed by atoms with Gasteiger partial charge in [-0.1, -0.05) is 29.8 Å². The van der Waals surface area contributed by atoms with Crippen molar-refractivity contribution >= 4 is 28.4 Å². The molecule has 2 aromatic rings. The zero-order chi connectivity index (χ0) is 14.4. The number of carbonyl (C=O) groups excluding carboxylic acids is 1. The molecule has 0 aliphatic carbocycles. The number of halogens is 1. The second kappa shape index (κ2) is 6.93. The van der Waals surface area contributed by atoms with Gasteiger partial charge in [-0.2, -0.15) is 0 Å². The lowest BCUT2D eigenvalue weighted by Gasteiger charge is -2.08. The number of unbranched alkanes of at least 4 members (excludes halogenated alkanes) is 2. The minimum absolute atomic E-state index is 0.133. The molecule has 1 aromatic carbocycles. The van der Waals surface area contributed by atoms with Crippen molar-refractivity contribution in [3.05, 3.63) is 41.0 Å². The number of pyridine rings is 1. The summed E-state index contributed by atoms with van der Waals surface area (Å²) in [4.78, 5) is 16.4. The number of terminal acetylenes is 1. The van der Waals surface area contributed by atoms with E-state index in [2.05, 4.69) is 16.2 Å². The van der Waals surface area contributed by atoms with E-state index in [0.29, 0.717) is 17.3 Å². The third-order valence-corrected chi connectivity index (χ3v) is 3.16. The molecule has 0 aliphatic rings. The van der Waals surface area contributed by atoms with Crippen LogP contribution in [0.5, 0.6) is 0 Å². The topological polar surface area (TPSA) is 42.0 Å².